The summed E-state index contributed by atoms with van der Waals surface area (Å²) in [6.45, 7) is 3.36. The summed E-state index contributed by atoms with van der Waals surface area (Å²) in [4.78, 5) is 32.0. The lowest BCUT2D eigenvalue weighted by molar-refractivity contribution is -0.150. The molecule has 1 spiro atoms. The first-order valence-electron chi connectivity index (χ1n) is 8.00. The second kappa shape index (κ2) is 5.50. The van der Waals surface area contributed by atoms with E-state index in [9.17, 15) is 18.4 Å². The maximum absolute atomic E-state index is 14.3. The van der Waals surface area contributed by atoms with Gasteiger partial charge in [-0.1, -0.05) is 0 Å². The Morgan fingerprint density at radius 2 is 1.83 bits per heavy atom. The molecule has 2 aliphatic rings. The van der Waals surface area contributed by atoms with Gasteiger partial charge in [-0.15, -0.1) is 0 Å². The summed E-state index contributed by atoms with van der Waals surface area (Å²) >= 11 is 0. The molecule has 3 heterocycles. The lowest BCUT2D eigenvalue weighted by Gasteiger charge is -2.42. The molecule has 3 rings (SSSR count). The molecule has 2 amide bonds. The second-order valence-corrected chi connectivity index (χ2v) is 7.09. The van der Waals surface area contributed by atoms with E-state index in [0.29, 0.717) is 29.9 Å². The van der Waals surface area contributed by atoms with E-state index in [1.54, 1.807) is 33.0 Å². The van der Waals surface area contributed by atoms with Crippen molar-refractivity contribution < 1.29 is 18.4 Å². The zero-order valence-electron chi connectivity index (χ0n) is 14.1. The average molecular weight is 337 g/mol. The molecular formula is C17H21F2N3O2. The normalized spacial score (nSPS) is 26.3. The van der Waals surface area contributed by atoms with Gasteiger partial charge >= 0.3 is 0 Å². The van der Waals surface area contributed by atoms with Crippen LogP contribution in [0.1, 0.15) is 34.6 Å². The molecule has 7 heteroatoms. The van der Waals surface area contributed by atoms with Gasteiger partial charge in [0.15, 0.2) is 0 Å². The number of likely N-dealkylation sites (tertiary alicyclic amines) is 2. The summed E-state index contributed by atoms with van der Waals surface area (Å²) in [5, 5.41) is 0. The number of pyridine rings is 1. The summed E-state index contributed by atoms with van der Waals surface area (Å²) in [5.74, 6) is -3.82. The van der Waals surface area contributed by atoms with Crippen molar-refractivity contribution in [3.05, 3.63) is 29.1 Å². The molecule has 130 valence electrons. The molecule has 1 atom stereocenters. The first-order chi connectivity index (χ1) is 11.1. The van der Waals surface area contributed by atoms with E-state index in [1.165, 1.54) is 4.90 Å². The van der Waals surface area contributed by atoms with Crippen molar-refractivity contribution in [2.24, 2.45) is 5.41 Å². The van der Waals surface area contributed by atoms with Gasteiger partial charge in [0.25, 0.3) is 11.8 Å². The summed E-state index contributed by atoms with van der Waals surface area (Å²) in [5.41, 5.74) is 0.497. The Morgan fingerprint density at radius 3 is 2.38 bits per heavy atom. The zero-order valence-corrected chi connectivity index (χ0v) is 14.1. The minimum Gasteiger partial charge on any atom is -0.345 e. The summed E-state index contributed by atoms with van der Waals surface area (Å²) in [6.07, 6.45) is -0.128. The van der Waals surface area contributed by atoms with Gasteiger partial charge in [0.05, 0.1) is 12.0 Å². The smallest absolute Gasteiger partial charge is 0.266 e. The van der Waals surface area contributed by atoms with Crippen LogP contribution in [0.2, 0.25) is 0 Å². The first kappa shape index (κ1) is 16.8. The number of aryl methyl sites for hydroxylation is 2. The van der Waals surface area contributed by atoms with Gasteiger partial charge in [0.2, 0.25) is 5.91 Å². The molecule has 2 saturated heterocycles. The van der Waals surface area contributed by atoms with E-state index < -0.39 is 30.2 Å². The molecule has 0 aromatic carbocycles. The van der Waals surface area contributed by atoms with E-state index in [4.69, 9.17) is 0 Å². The van der Waals surface area contributed by atoms with Gasteiger partial charge in [-0.05, 0) is 32.4 Å². The highest BCUT2D eigenvalue weighted by atomic mass is 19.3. The number of aromatic nitrogens is 1. The van der Waals surface area contributed by atoms with Gasteiger partial charge in [-0.3, -0.25) is 14.6 Å². The van der Waals surface area contributed by atoms with Gasteiger partial charge in [-0.25, -0.2) is 8.78 Å². The quantitative estimate of drug-likeness (QED) is 0.788. The summed E-state index contributed by atoms with van der Waals surface area (Å²) in [6, 6.07) is 3.19. The SMILES string of the molecule is Cc1cc(C(=O)N2CC(F)(F)C[C@@]3(CCN(C)C3=O)C2)cc(C)n1. The molecule has 24 heavy (non-hydrogen) atoms. The van der Waals surface area contributed by atoms with Crippen LogP contribution in [0, 0.1) is 19.3 Å². The third-order valence-electron chi connectivity index (χ3n) is 4.85. The second-order valence-electron chi connectivity index (χ2n) is 7.09. The Hall–Kier alpha value is -2.05. The van der Waals surface area contributed by atoms with E-state index >= 15 is 0 Å². The Bertz CT molecular complexity index is 687. The zero-order chi connectivity index (χ0) is 17.7. The third-order valence-corrected chi connectivity index (χ3v) is 4.85. The van der Waals surface area contributed by atoms with Crippen LogP contribution < -0.4 is 0 Å². The molecule has 1 aromatic heterocycles. The topological polar surface area (TPSA) is 53.5 Å². The number of rotatable bonds is 1. The number of hydrogen-bond donors (Lipinski definition) is 0. The number of piperidine rings is 1. The maximum atomic E-state index is 14.3. The predicted molar refractivity (Wildman–Crippen MR) is 83.9 cm³/mol. The minimum absolute atomic E-state index is 0.0466. The Labute approximate surface area is 139 Å². The van der Waals surface area contributed by atoms with Crippen LogP contribution in [0.15, 0.2) is 12.1 Å². The van der Waals surface area contributed by atoms with Crippen molar-refractivity contribution in [2.75, 3.05) is 26.7 Å². The number of carbonyl (C=O) groups is 2. The Kier molecular flexibility index (Phi) is 3.85. The third kappa shape index (κ3) is 2.87. The molecule has 0 unspecified atom stereocenters. The molecule has 0 aliphatic carbocycles. The van der Waals surface area contributed by atoms with Crippen molar-refractivity contribution >= 4 is 11.8 Å². The largest absolute Gasteiger partial charge is 0.345 e. The Balaban J connectivity index is 1.92. The van der Waals surface area contributed by atoms with Crippen LogP contribution in [-0.4, -0.2) is 59.2 Å². The molecule has 2 fully saturated rings. The van der Waals surface area contributed by atoms with Crippen molar-refractivity contribution in [3.63, 3.8) is 0 Å². The number of hydrogen-bond acceptors (Lipinski definition) is 3. The highest BCUT2D eigenvalue weighted by Gasteiger charge is 2.57. The fourth-order valence-corrected chi connectivity index (χ4v) is 3.90. The number of halogens is 2. The number of amides is 2. The molecule has 5 nitrogen and oxygen atoms in total. The number of alkyl halides is 2. The van der Waals surface area contributed by atoms with Crippen molar-refractivity contribution in [1.82, 2.24) is 14.8 Å². The molecule has 1 aromatic rings. The van der Waals surface area contributed by atoms with E-state index in [2.05, 4.69) is 4.98 Å². The van der Waals surface area contributed by atoms with Gasteiger partial charge in [0, 0.05) is 43.5 Å². The summed E-state index contributed by atoms with van der Waals surface area (Å²) < 4.78 is 28.6. The lowest BCUT2D eigenvalue weighted by atomic mass is 9.76. The van der Waals surface area contributed by atoms with Crippen LogP contribution in [-0.2, 0) is 4.79 Å². The van der Waals surface area contributed by atoms with Crippen LogP contribution in [0.5, 0.6) is 0 Å². The van der Waals surface area contributed by atoms with Crippen molar-refractivity contribution in [3.8, 4) is 0 Å². The number of carbonyl (C=O) groups excluding carboxylic acids is 2. The van der Waals surface area contributed by atoms with Crippen LogP contribution >= 0.6 is 0 Å². The van der Waals surface area contributed by atoms with Gasteiger partial charge in [-0.2, -0.15) is 0 Å². The molecule has 0 radical (unpaired) electrons. The van der Waals surface area contributed by atoms with Crippen LogP contribution in [0.4, 0.5) is 8.78 Å². The average Bonchev–Trinajstić information content (AvgIpc) is 2.72. The highest BCUT2D eigenvalue weighted by Crippen LogP contribution is 2.45. The van der Waals surface area contributed by atoms with E-state index in [-0.39, 0.29) is 12.5 Å². The molecule has 0 N–H and O–H groups in total. The van der Waals surface area contributed by atoms with Gasteiger partial charge in [0.1, 0.15) is 0 Å². The monoisotopic (exact) mass is 337 g/mol. The highest BCUT2D eigenvalue weighted by molar-refractivity contribution is 5.95. The predicted octanol–water partition coefficient (Wildman–Crippen LogP) is 2.03. The first-order valence-corrected chi connectivity index (χ1v) is 8.00. The van der Waals surface area contributed by atoms with Crippen molar-refractivity contribution in [1.29, 1.82) is 0 Å². The molecular weight excluding hydrogens is 316 g/mol. The molecule has 0 bridgehead atoms. The fraction of sp³-hybridized carbons (Fsp3) is 0.588. The number of nitrogens with zero attached hydrogens (tertiary/aromatic N) is 3. The van der Waals surface area contributed by atoms with Gasteiger partial charge < -0.3 is 9.80 Å². The molecule has 2 aliphatic heterocycles. The minimum atomic E-state index is -3.06. The lowest BCUT2D eigenvalue weighted by Crippen LogP contribution is -2.57. The molecule has 0 saturated carbocycles. The van der Waals surface area contributed by atoms with Crippen LogP contribution in [0.3, 0.4) is 0 Å². The fourth-order valence-electron chi connectivity index (χ4n) is 3.90. The Morgan fingerprint density at radius 1 is 1.21 bits per heavy atom. The van der Waals surface area contributed by atoms with E-state index in [1.807, 2.05) is 0 Å². The maximum Gasteiger partial charge on any atom is 0.266 e. The standard InChI is InChI=1S/C17H21F2N3O2/c1-11-6-13(7-12(2)20-11)14(23)22-9-16(8-17(18,19)10-22)4-5-21(3)15(16)24/h6-7H,4-5,8-10H2,1-3H3/t16-/m0/s1. The summed E-state index contributed by atoms with van der Waals surface area (Å²) in [7, 11) is 1.62. The van der Waals surface area contributed by atoms with Crippen molar-refractivity contribution in [2.45, 2.75) is 32.6 Å². The van der Waals surface area contributed by atoms with E-state index in [0.717, 1.165) is 4.90 Å². The van der Waals surface area contributed by atoms with Crippen LogP contribution in [0.25, 0.3) is 0 Å².